The first-order valence-corrected chi connectivity index (χ1v) is 14.9. The van der Waals surface area contributed by atoms with Crippen LogP contribution in [0.3, 0.4) is 0 Å². The van der Waals surface area contributed by atoms with Crippen LogP contribution >= 0.6 is 0 Å². The molecule has 4 rings (SSSR count). The molecule has 0 aromatic heterocycles. The molecule has 0 atom stereocenters. The van der Waals surface area contributed by atoms with E-state index < -0.39 is 0 Å². The summed E-state index contributed by atoms with van der Waals surface area (Å²) in [6.07, 6.45) is -0.250. The zero-order valence-electron chi connectivity index (χ0n) is 25.6. The Hall–Kier alpha value is -3.72. The number of nitrogens with one attached hydrogen (secondary N) is 2. The Labute approximate surface area is 242 Å². The van der Waals surface area contributed by atoms with Crippen LogP contribution in [0.4, 0.5) is 22.7 Å². The Kier molecular flexibility index (Phi) is 9.58. The minimum Gasteiger partial charge on any atom is -0.348 e. The lowest BCUT2D eigenvalue weighted by Crippen LogP contribution is -2.45. The molecule has 0 saturated heterocycles. The van der Waals surface area contributed by atoms with E-state index in [0.29, 0.717) is 23.7 Å². The molecule has 0 unspecified atom stereocenters. The minimum absolute atomic E-state index is 0.250. The van der Waals surface area contributed by atoms with E-state index in [-0.39, 0.29) is 6.29 Å². The van der Waals surface area contributed by atoms with Crippen molar-refractivity contribution >= 4 is 22.7 Å². The lowest BCUT2D eigenvalue weighted by molar-refractivity contribution is 0.773. The smallest absolute Gasteiger partial charge is 0.180 e. The molecule has 0 aliphatic heterocycles. The molecule has 0 aliphatic rings. The van der Waals surface area contributed by atoms with Crippen molar-refractivity contribution in [3.63, 3.8) is 0 Å². The van der Waals surface area contributed by atoms with Gasteiger partial charge in [-0.1, -0.05) is 128 Å². The molecule has 210 valence electrons. The highest BCUT2D eigenvalue weighted by molar-refractivity contribution is 5.71. The number of para-hydroxylation sites is 4. The highest BCUT2D eigenvalue weighted by atomic mass is 15.4. The van der Waals surface area contributed by atoms with Gasteiger partial charge in [-0.15, -0.1) is 0 Å². The molecule has 4 aromatic rings. The van der Waals surface area contributed by atoms with Crippen LogP contribution in [0.2, 0.25) is 0 Å². The normalized spacial score (nSPS) is 11.6. The molecule has 0 fully saturated rings. The molecular formula is C37H47N3. The maximum Gasteiger partial charge on any atom is 0.180 e. The van der Waals surface area contributed by atoms with Gasteiger partial charge in [0.25, 0.3) is 0 Å². The van der Waals surface area contributed by atoms with Gasteiger partial charge in [-0.3, -0.25) is 0 Å². The molecule has 40 heavy (non-hydrogen) atoms. The first-order valence-electron chi connectivity index (χ1n) is 14.9. The van der Waals surface area contributed by atoms with Crippen LogP contribution in [0.25, 0.3) is 0 Å². The largest absolute Gasteiger partial charge is 0.348 e. The van der Waals surface area contributed by atoms with Crippen LogP contribution in [0.15, 0.2) is 97.1 Å². The zero-order valence-corrected chi connectivity index (χ0v) is 25.6. The SMILES string of the molecule is CC(C)c1cccc(C(C)C)c1NC(Nc1c(C(C)C)cccc1C(C)C)N(c1ccccc1)c1ccccc1. The third kappa shape index (κ3) is 6.53. The fraction of sp³-hybridized carbons (Fsp3) is 0.351. The van der Waals surface area contributed by atoms with Gasteiger partial charge in [-0.05, 0) is 70.2 Å². The average Bonchev–Trinajstić information content (AvgIpc) is 2.94. The molecule has 0 heterocycles. The van der Waals surface area contributed by atoms with Gasteiger partial charge < -0.3 is 15.5 Å². The maximum atomic E-state index is 4.07. The summed E-state index contributed by atoms with van der Waals surface area (Å²) in [5.41, 5.74) is 10.0. The Morgan fingerprint density at radius 1 is 0.400 bits per heavy atom. The molecule has 0 spiro atoms. The van der Waals surface area contributed by atoms with Gasteiger partial charge in [0.2, 0.25) is 0 Å². The van der Waals surface area contributed by atoms with Crippen LogP contribution < -0.4 is 15.5 Å². The third-order valence-corrected chi connectivity index (χ3v) is 7.63. The number of nitrogens with zero attached hydrogens (tertiary/aromatic N) is 1. The molecule has 0 aliphatic carbocycles. The van der Waals surface area contributed by atoms with E-state index >= 15 is 0 Å². The highest BCUT2D eigenvalue weighted by Gasteiger charge is 2.26. The molecular weight excluding hydrogens is 486 g/mol. The summed E-state index contributed by atoms with van der Waals surface area (Å²) in [5.74, 6) is 1.55. The summed E-state index contributed by atoms with van der Waals surface area (Å²) in [6.45, 7) is 18.3. The number of hydrogen-bond donors (Lipinski definition) is 2. The van der Waals surface area contributed by atoms with Crippen LogP contribution in [0.1, 0.15) is 101 Å². The molecule has 0 bridgehead atoms. The number of anilines is 4. The van der Waals surface area contributed by atoms with E-state index in [1.54, 1.807) is 0 Å². The Morgan fingerprint density at radius 3 is 0.975 bits per heavy atom. The van der Waals surface area contributed by atoms with Gasteiger partial charge in [0.15, 0.2) is 6.29 Å². The second kappa shape index (κ2) is 13.1. The van der Waals surface area contributed by atoms with Crippen molar-refractivity contribution in [2.75, 3.05) is 15.5 Å². The summed E-state index contributed by atoms with van der Waals surface area (Å²) in [6, 6.07) is 34.9. The lowest BCUT2D eigenvalue weighted by Gasteiger charge is -2.38. The van der Waals surface area contributed by atoms with E-state index in [2.05, 4.69) is 168 Å². The standard InChI is InChI=1S/C37H47N3/c1-25(2)31-21-15-22-32(26(3)4)35(31)38-37(39-36-33(27(5)6)23-16-24-34(36)28(7)8)40(29-17-11-9-12-18-29)30-19-13-10-14-20-30/h9-28,37-39H,1-8H3. The van der Waals surface area contributed by atoms with Crippen LogP contribution in [-0.4, -0.2) is 6.29 Å². The predicted octanol–water partition coefficient (Wildman–Crippen LogP) is 10.8. The van der Waals surface area contributed by atoms with Crippen molar-refractivity contribution in [2.24, 2.45) is 0 Å². The van der Waals surface area contributed by atoms with E-state index in [9.17, 15) is 0 Å². The van der Waals surface area contributed by atoms with E-state index in [4.69, 9.17) is 0 Å². The van der Waals surface area contributed by atoms with E-state index in [0.717, 1.165) is 11.4 Å². The van der Waals surface area contributed by atoms with Crippen molar-refractivity contribution in [1.29, 1.82) is 0 Å². The zero-order chi connectivity index (χ0) is 28.8. The van der Waals surface area contributed by atoms with Crippen molar-refractivity contribution in [3.05, 3.63) is 119 Å². The Morgan fingerprint density at radius 2 is 0.700 bits per heavy atom. The van der Waals surface area contributed by atoms with Gasteiger partial charge in [-0.25, -0.2) is 0 Å². The average molecular weight is 534 g/mol. The number of rotatable bonds is 11. The topological polar surface area (TPSA) is 27.3 Å². The monoisotopic (exact) mass is 533 g/mol. The summed E-state index contributed by atoms with van der Waals surface area (Å²) >= 11 is 0. The molecule has 0 saturated carbocycles. The highest BCUT2D eigenvalue weighted by Crippen LogP contribution is 2.38. The second-order valence-corrected chi connectivity index (χ2v) is 12.0. The van der Waals surface area contributed by atoms with Gasteiger partial charge in [0.05, 0.1) is 0 Å². The Bertz CT molecular complexity index is 1200. The Balaban J connectivity index is 1.97. The predicted molar refractivity (Wildman–Crippen MR) is 175 cm³/mol. The summed E-state index contributed by atoms with van der Waals surface area (Å²) in [5, 5.41) is 8.14. The number of benzene rings is 4. The van der Waals surface area contributed by atoms with Crippen LogP contribution in [0.5, 0.6) is 0 Å². The molecule has 3 nitrogen and oxygen atoms in total. The summed E-state index contributed by atoms with van der Waals surface area (Å²) in [7, 11) is 0. The van der Waals surface area contributed by atoms with Crippen LogP contribution in [0, 0.1) is 0 Å². The molecule has 0 radical (unpaired) electrons. The van der Waals surface area contributed by atoms with Crippen LogP contribution in [-0.2, 0) is 0 Å². The lowest BCUT2D eigenvalue weighted by atomic mass is 9.92. The van der Waals surface area contributed by atoms with E-state index in [1.165, 1.54) is 33.6 Å². The van der Waals surface area contributed by atoms with Crippen molar-refractivity contribution in [1.82, 2.24) is 0 Å². The van der Waals surface area contributed by atoms with Gasteiger partial charge >= 0.3 is 0 Å². The third-order valence-electron chi connectivity index (χ3n) is 7.63. The minimum atomic E-state index is -0.250. The summed E-state index contributed by atoms with van der Waals surface area (Å²) < 4.78 is 0. The van der Waals surface area contributed by atoms with Crippen molar-refractivity contribution in [3.8, 4) is 0 Å². The molecule has 0 amide bonds. The quantitative estimate of drug-likeness (QED) is 0.188. The van der Waals surface area contributed by atoms with E-state index in [1.807, 2.05) is 0 Å². The molecule has 2 N–H and O–H groups in total. The second-order valence-electron chi connectivity index (χ2n) is 12.0. The summed E-state index contributed by atoms with van der Waals surface area (Å²) in [4.78, 5) is 2.39. The fourth-order valence-electron chi connectivity index (χ4n) is 5.50. The van der Waals surface area contributed by atoms with Gasteiger partial charge in [-0.2, -0.15) is 0 Å². The number of hydrogen-bond acceptors (Lipinski definition) is 3. The van der Waals surface area contributed by atoms with Gasteiger partial charge in [0, 0.05) is 22.7 Å². The molecule has 4 aromatic carbocycles. The first-order chi connectivity index (χ1) is 19.2. The maximum absolute atomic E-state index is 4.07. The van der Waals surface area contributed by atoms with Gasteiger partial charge in [0.1, 0.15) is 0 Å². The molecule has 3 heteroatoms. The fourth-order valence-corrected chi connectivity index (χ4v) is 5.50. The first kappa shape index (κ1) is 29.3. The van der Waals surface area contributed by atoms with Crippen molar-refractivity contribution < 1.29 is 0 Å². The van der Waals surface area contributed by atoms with Crippen molar-refractivity contribution in [2.45, 2.75) is 85.4 Å².